The zero-order valence-corrected chi connectivity index (χ0v) is 14.8. The first kappa shape index (κ1) is 17.4. The predicted molar refractivity (Wildman–Crippen MR) is 82.1 cm³/mol. The third-order valence-corrected chi connectivity index (χ3v) is 7.12. The van der Waals surface area contributed by atoms with Crippen LogP contribution in [-0.4, -0.2) is 57.9 Å². The van der Waals surface area contributed by atoms with Crippen LogP contribution in [0, 0.1) is 0 Å². The summed E-state index contributed by atoms with van der Waals surface area (Å²) in [7, 11) is -4.40. The average molecular weight is 323 g/mol. The first-order valence-electron chi connectivity index (χ1n) is 6.94. The molecule has 0 spiro atoms. The van der Waals surface area contributed by atoms with Gasteiger partial charge in [0, 0.05) is 21.2 Å². The lowest BCUT2D eigenvalue weighted by atomic mass is 10.2. The number of hydrogen-bond acceptors (Lipinski definition) is 4. The molecule has 1 rings (SSSR count). The molecule has 0 radical (unpaired) electrons. The largest absolute Gasteiger partial charge is 0.450 e. The van der Waals surface area contributed by atoms with Gasteiger partial charge in [0.05, 0.1) is 17.9 Å². The van der Waals surface area contributed by atoms with E-state index in [1.165, 1.54) is 4.31 Å². The molecule has 0 aliphatic carbocycles. The summed E-state index contributed by atoms with van der Waals surface area (Å²) in [4.78, 5) is 11.5. The lowest BCUT2D eigenvalue weighted by Crippen LogP contribution is -2.62. The van der Waals surface area contributed by atoms with Gasteiger partial charge < -0.3 is 10.1 Å². The van der Waals surface area contributed by atoms with Crippen molar-refractivity contribution in [3.05, 3.63) is 0 Å². The van der Waals surface area contributed by atoms with Crippen molar-refractivity contribution < 1.29 is 17.9 Å². The number of carbonyl (C=O) groups is 1. The highest BCUT2D eigenvalue weighted by molar-refractivity contribution is 7.89. The Balaban J connectivity index is 2.25. The van der Waals surface area contributed by atoms with Crippen molar-refractivity contribution >= 4 is 24.2 Å². The third kappa shape index (κ3) is 5.06. The Hall–Kier alpha value is -0.603. The molecule has 20 heavy (non-hydrogen) atoms. The van der Waals surface area contributed by atoms with Crippen LogP contribution in [0.1, 0.15) is 13.8 Å². The van der Waals surface area contributed by atoms with Crippen molar-refractivity contribution in [3.8, 4) is 0 Å². The van der Waals surface area contributed by atoms with Gasteiger partial charge in [0.2, 0.25) is 10.0 Å². The standard InChI is InChI=1S/C12H26N2O4SSi/c1-10(2)19(16,17)14-8-11(9-14)13-12(15)18-6-7-20(3,4)5/h10-11H,6-9H2,1-5H3,(H,13,15). The molecule has 6 nitrogen and oxygen atoms in total. The Labute approximate surface area is 122 Å². The zero-order chi connectivity index (χ0) is 15.6. The van der Waals surface area contributed by atoms with E-state index in [0.717, 1.165) is 6.04 Å². The maximum absolute atomic E-state index is 11.8. The number of amides is 1. The molecule has 8 heteroatoms. The van der Waals surface area contributed by atoms with E-state index in [-0.39, 0.29) is 6.04 Å². The molecule has 1 N–H and O–H groups in total. The lowest BCUT2D eigenvalue weighted by Gasteiger charge is -2.39. The molecule has 0 bridgehead atoms. The number of ether oxygens (including phenoxy) is 1. The highest BCUT2D eigenvalue weighted by atomic mass is 32.2. The molecule has 118 valence electrons. The fourth-order valence-electron chi connectivity index (χ4n) is 1.69. The predicted octanol–water partition coefficient (Wildman–Crippen LogP) is 1.47. The number of nitrogens with one attached hydrogen (secondary N) is 1. The van der Waals surface area contributed by atoms with E-state index in [1.807, 2.05) is 0 Å². The molecule has 0 atom stereocenters. The Bertz CT molecular complexity index is 439. The van der Waals surface area contributed by atoms with Crippen LogP contribution in [0.5, 0.6) is 0 Å². The second-order valence-corrected chi connectivity index (χ2v) is 14.8. The van der Waals surface area contributed by atoms with Crippen molar-refractivity contribution in [3.63, 3.8) is 0 Å². The van der Waals surface area contributed by atoms with Crippen LogP contribution in [-0.2, 0) is 14.8 Å². The molecule has 1 fully saturated rings. The van der Waals surface area contributed by atoms with E-state index >= 15 is 0 Å². The molecule has 0 aromatic rings. The van der Waals surface area contributed by atoms with Crippen molar-refractivity contribution in [1.29, 1.82) is 0 Å². The van der Waals surface area contributed by atoms with Gasteiger partial charge in [-0.05, 0) is 19.9 Å². The second-order valence-electron chi connectivity index (χ2n) is 6.70. The van der Waals surface area contributed by atoms with Gasteiger partial charge in [-0.25, -0.2) is 13.2 Å². The van der Waals surface area contributed by atoms with Crippen LogP contribution >= 0.6 is 0 Å². The highest BCUT2D eigenvalue weighted by Gasteiger charge is 2.38. The van der Waals surface area contributed by atoms with E-state index in [1.54, 1.807) is 13.8 Å². The second kappa shape index (κ2) is 6.44. The summed E-state index contributed by atoms with van der Waals surface area (Å²) in [5, 5.41) is 2.27. The first-order chi connectivity index (χ1) is 9.02. The molecular formula is C12H26N2O4SSi. The summed E-state index contributed by atoms with van der Waals surface area (Å²) in [6.45, 7) is 11.1. The van der Waals surface area contributed by atoms with E-state index in [0.29, 0.717) is 19.7 Å². The molecule has 1 aliphatic rings. The number of carbonyl (C=O) groups excluding carboxylic acids is 1. The van der Waals surface area contributed by atoms with Crippen LogP contribution < -0.4 is 5.32 Å². The van der Waals surface area contributed by atoms with Gasteiger partial charge in [0.25, 0.3) is 0 Å². The lowest BCUT2D eigenvalue weighted by molar-refractivity contribution is 0.133. The zero-order valence-electron chi connectivity index (χ0n) is 13.0. The summed E-state index contributed by atoms with van der Waals surface area (Å²) in [6, 6.07) is 0.793. The minimum atomic E-state index is -3.20. The summed E-state index contributed by atoms with van der Waals surface area (Å²) < 4.78 is 30.1. The van der Waals surface area contributed by atoms with Crippen molar-refractivity contribution in [2.75, 3.05) is 19.7 Å². The van der Waals surface area contributed by atoms with Gasteiger partial charge in [0.1, 0.15) is 0 Å². The molecule has 0 aromatic heterocycles. The van der Waals surface area contributed by atoms with Crippen molar-refractivity contribution in [1.82, 2.24) is 9.62 Å². The van der Waals surface area contributed by atoms with Crippen LogP contribution in [0.15, 0.2) is 0 Å². The van der Waals surface area contributed by atoms with Crippen molar-refractivity contribution in [2.45, 2.75) is 50.8 Å². The number of nitrogens with zero attached hydrogens (tertiary/aromatic N) is 1. The van der Waals surface area contributed by atoms with Gasteiger partial charge in [-0.15, -0.1) is 0 Å². The fourth-order valence-corrected chi connectivity index (χ4v) is 3.78. The summed E-state index contributed by atoms with van der Waals surface area (Å²) in [6.07, 6.45) is -0.449. The maximum Gasteiger partial charge on any atom is 0.407 e. The highest BCUT2D eigenvalue weighted by Crippen LogP contribution is 2.17. The Morgan fingerprint density at radius 3 is 2.35 bits per heavy atom. The quantitative estimate of drug-likeness (QED) is 0.752. The first-order valence-corrected chi connectivity index (χ1v) is 12.2. The molecule has 0 unspecified atom stereocenters. The van der Waals surface area contributed by atoms with Crippen LogP contribution in [0.3, 0.4) is 0 Å². The molecule has 1 amide bonds. The van der Waals surface area contributed by atoms with Gasteiger partial charge in [-0.2, -0.15) is 4.31 Å². The van der Waals surface area contributed by atoms with Gasteiger partial charge in [-0.3, -0.25) is 0 Å². The Morgan fingerprint density at radius 1 is 1.35 bits per heavy atom. The van der Waals surface area contributed by atoms with Gasteiger partial charge in [-0.1, -0.05) is 19.6 Å². The molecule has 1 aliphatic heterocycles. The van der Waals surface area contributed by atoms with E-state index in [4.69, 9.17) is 4.74 Å². The van der Waals surface area contributed by atoms with Gasteiger partial charge in [0.15, 0.2) is 0 Å². The molecule has 0 saturated carbocycles. The monoisotopic (exact) mass is 322 g/mol. The summed E-state index contributed by atoms with van der Waals surface area (Å²) in [5.41, 5.74) is 0. The molecular weight excluding hydrogens is 296 g/mol. The minimum absolute atomic E-state index is 0.136. The number of sulfonamides is 1. The van der Waals surface area contributed by atoms with Gasteiger partial charge >= 0.3 is 6.09 Å². The topological polar surface area (TPSA) is 75.7 Å². The van der Waals surface area contributed by atoms with E-state index in [9.17, 15) is 13.2 Å². The minimum Gasteiger partial charge on any atom is -0.450 e. The Kier molecular flexibility index (Phi) is 5.62. The Morgan fingerprint density at radius 2 is 1.90 bits per heavy atom. The van der Waals surface area contributed by atoms with Crippen LogP contribution in [0.4, 0.5) is 4.79 Å². The SMILES string of the molecule is CC(C)S(=O)(=O)N1CC(NC(=O)OCC[Si](C)(C)C)C1. The fraction of sp³-hybridized carbons (Fsp3) is 0.917. The normalized spacial score (nSPS) is 17.9. The van der Waals surface area contributed by atoms with Crippen LogP contribution in [0.2, 0.25) is 25.7 Å². The molecule has 0 aromatic carbocycles. The van der Waals surface area contributed by atoms with E-state index < -0.39 is 29.4 Å². The molecule has 1 saturated heterocycles. The smallest absolute Gasteiger partial charge is 0.407 e. The number of alkyl carbamates (subject to hydrolysis) is 1. The number of hydrogen-bond donors (Lipinski definition) is 1. The molecule has 1 heterocycles. The summed E-state index contributed by atoms with van der Waals surface area (Å²) >= 11 is 0. The third-order valence-electron chi connectivity index (χ3n) is 3.21. The van der Waals surface area contributed by atoms with Crippen molar-refractivity contribution in [2.24, 2.45) is 0 Å². The maximum atomic E-state index is 11.8. The van der Waals surface area contributed by atoms with Crippen LogP contribution in [0.25, 0.3) is 0 Å². The van der Waals surface area contributed by atoms with E-state index in [2.05, 4.69) is 25.0 Å². The average Bonchev–Trinajstić information content (AvgIpc) is 2.20. The summed E-state index contributed by atoms with van der Waals surface area (Å²) in [5.74, 6) is 0. The number of rotatable bonds is 6.